The summed E-state index contributed by atoms with van der Waals surface area (Å²) in [6, 6.07) is 15.8. The van der Waals surface area contributed by atoms with E-state index in [0.717, 1.165) is 30.4 Å². The van der Waals surface area contributed by atoms with Crippen LogP contribution in [-0.4, -0.2) is 57.1 Å². The Morgan fingerprint density at radius 2 is 1.79 bits per heavy atom. The minimum atomic E-state index is -4.01. The van der Waals surface area contributed by atoms with Crippen molar-refractivity contribution >= 4 is 28.2 Å². The molecule has 1 heterocycles. The van der Waals surface area contributed by atoms with Crippen molar-refractivity contribution in [1.29, 1.82) is 5.41 Å². The Balaban J connectivity index is 1.78. The van der Waals surface area contributed by atoms with E-state index in [9.17, 15) is 18.0 Å². The van der Waals surface area contributed by atoms with Gasteiger partial charge in [-0.25, -0.2) is 8.42 Å². The lowest BCUT2D eigenvalue weighted by molar-refractivity contribution is -0.134. The van der Waals surface area contributed by atoms with Gasteiger partial charge in [0.1, 0.15) is 6.04 Å². The highest BCUT2D eigenvalue weighted by Gasteiger charge is 2.32. The maximum absolute atomic E-state index is 13.6. The summed E-state index contributed by atoms with van der Waals surface area (Å²) in [6.07, 6.45) is 5.33. The van der Waals surface area contributed by atoms with Crippen LogP contribution in [-0.2, 0) is 25.0 Å². The molecule has 0 aliphatic carbocycles. The molecule has 39 heavy (non-hydrogen) atoms. The Bertz CT molecular complexity index is 1230. The third-order valence-electron chi connectivity index (χ3n) is 7.52. The minimum absolute atomic E-state index is 0.104. The standard InChI is InChI=1S/C29H40N5O4S/c1-29(2,23-10-4-3-5-11-23)24-12-6-13-25(21-24)39(37,38)33-26(14-7-17-32-28(30)31)27(36)34-18-15-22(16-19-34)9-8-20-35/h3-6,10-13,21-22,26,33H,7-9,14-19H2,1-2H3,(H4,30,31,32)/t26-/m0/s1. The Morgan fingerprint density at radius 3 is 2.44 bits per heavy atom. The highest BCUT2D eigenvalue weighted by Crippen LogP contribution is 2.32. The van der Waals surface area contributed by atoms with Crippen molar-refractivity contribution in [2.45, 2.75) is 68.7 Å². The number of nitrogens with one attached hydrogen (secondary N) is 3. The first kappa shape index (κ1) is 30.3. The van der Waals surface area contributed by atoms with Crippen molar-refractivity contribution in [1.82, 2.24) is 14.9 Å². The molecular weight excluding hydrogens is 514 g/mol. The first-order chi connectivity index (χ1) is 18.5. The van der Waals surface area contributed by atoms with Crippen LogP contribution in [0.2, 0.25) is 0 Å². The number of sulfonamides is 1. The zero-order valence-electron chi connectivity index (χ0n) is 22.8. The zero-order valence-corrected chi connectivity index (χ0v) is 23.6. The lowest BCUT2D eigenvalue weighted by Crippen LogP contribution is -2.51. The Labute approximate surface area is 232 Å². The number of carbonyl (C=O) groups excluding carboxylic acids is 2. The van der Waals surface area contributed by atoms with E-state index in [-0.39, 0.29) is 23.2 Å². The van der Waals surface area contributed by atoms with Crippen LogP contribution >= 0.6 is 0 Å². The Hall–Kier alpha value is -3.24. The monoisotopic (exact) mass is 554 g/mol. The average Bonchev–Trinajstić information content (AvgIpc) is 2.94. The van der Waals surface area contributed by atoms with Gasteiger partial charge < -0.3 is 16.0 Å². The second kappa shape index (κ2) is 13.7. The number of rotatable bonds is 13. The smallest absolute Gasteiger partial charge is 0.241 e. The van der Waals surface area contributed by atoms with E-state index < -0.39 is 21.5 Å². The summed E-state index contributed by atoms with van der Waals surface area (Å²) in [4.78, 5) is 25.9. The molecule has 0 unspecified atom stereocenters. The molecule has 10 heteroatoms. The number of nitrogens with two attached hydrogens (primary N) is 1. The minimum Gasteiger partial charge on any atom is -0.370 e. The third kappa shape index (κ3) is 8.37. The summed E-state index contributed by atoms with van der Waals surface area (Å²) in [7, 11) is -4.01. The molecule has 1 atom stereocenters. The van der Waals surface area contributed by atoms with Gasteiger partial charge in [-0.05, 0) is 61.3 Å². The molecule has 1 radical (unpaired) electrons. The van der Waals surface area contributed by atoms with E-state index in [2.05, 4.69) is 10.0 Å². The molecule has 1 saturated heterocycles. The normalized spacial score (nSPS) is 15.5. The highest BCUT2D eigenvalue weighted by molar-refractivity contribution is 7.89. The molecular formula is C29H40N5O4S. The van der Waals surface area contributed by atoms with Crippen molar-refractivity contribution in [3.63, 3.8) is 0 Å². The summed E-state index contributed by atoms with van der Waals surface area (Å²) in [5.41, 5.74) is 6.85. The molecule has 0 bridgehead atoms. The fraction of sp³-hybridized carbons (Fsp3) is 0.483. The summed E-state index contributed by atoms with van der Waals surface area (Å²) in [6.45, 7) is 5.49. The molecule has 9 nitrogen and oxygen atoms in total. The van der Waals surface area contributed by atoms with Crippen LogP contribution in [0.4, 0.5) is 0 Å². The van der Waals surface area contributed by atoms with E-state index in [1.54, 1.807) is 23.1 Å². The highest BCUT2D eigenvalue weighted by atomic mass is 32.2. The Kier molecular flexibility index (Phi) is 10.7. The molecule has 0 aromatic heterocycles. The first-order valence-electron chi connectivity index (χ1n) is 13.4. The van der Waals surface area contributed by atoms with Crippen LogP contribution in [0.5, 0.6) is 0 Å². The molecule has 0 spiro atoms. The van der Waals surface area contributed by atoms with E-state index in [1.165, 1.54) is 0 Å². The molecule has 5 N–H and O–H groups in total. The molecule has 211 valence electrons. The van der Waals surface area contributed by atoms with Crippen LogP contribution in [0.3, 0.4) is 0 Å². The summed E-state index contributed by atoms with van der Waals surface area (Å²) < 4.78 is 29.8. The van der Waals surface area contributed by atoms with Gasteiger partial charge in [0.05, 0.1) is 4.90 Å². The SMILES string of the molecule is CC(C)(c1ccccc1)c1cccc(S(=O)(=O)N[C@@H](CCCNC(=N)N)C(=O)N2CCC(CC[C]=O)CC2)c1. The predicted molar refractivity (Wildman–Crippen MR) is 153 cm³/mol. The topological polar surface area (TPSA) is 145 Å². The number of likely N-dealkylation sites (tertiary alicyclic amines) is 1. The lowest BCUT2D eigenvalue weighted by atomic mass is 9.78. The molecule has 1 amide bonds. The van der Waals surface area contributed by atoms with Crippen LogP contribution in [0, 0.1) is 11.3 Å². The van der Waals surface area contributed by atoms with Crippen LogP contribution < -0.4 is 15.8 Å². The molecule has 2 aromatic rings. The fourth-order valence-electron chi connectivity index (χ4n) is 5.02. The summed E-state index contributed by atoms with van der Waals surface area (Å²) in [5.74, 6) is -0.0744. The van der Waals surface area contributed by atoms with E-state index in [1.807, 2.05) is 56.5 Å². The second-order valence-corrected chi connectivity index (χ2v) is 12.3. The number of piperidine rings is 1. The van der Waals surface area contributed by atoms with Crippen molar-refractivity contribution < 1.29 is 18.0 Å². The number of guanidine groups is 1. The molecule has 1 fully saturated rings. The number of hydrogen-bond donors (Lipinski definition) is 4. The van der Waals surface area contributed by atoms with Crippen molar-refractivity contribution in [2.75, 3.05) is 19.6 Å². The van der Waals surface area contributed by atoms with Gasteiger partial charge in [-0.1, -0.05) is 56.3 Å². The number of amides is 1. The summed E-state index contributed by atoms with van der Waals surface area (Å²) >= 11 is 0. The number of benzene rings is 2. The number of hydrogen-bond acceptors (Lipinski definition) is 5. The Morgan fingerprint density at radius 1 is 1.13 bits per heavy atom. The lowest BCUT2D eigenvalue weighted by Gasteiger charge is -2.34. The molecule has 2 aromatic carbocycles. The molecule has 1 aliphatic rings. The van der Waals surface area contributed by atoms with Gasteiger partial charge >= 0.3 is 0 Å². The van der Waals surface area contributed by atoms with Gasteiger partial charge in [-0.15, -0.1) is 0 Å². The second-order valence-electron chi connectivity index (χ2n) is 10.6. The van der Waals surface area contributed by atoms with Gasteiger partial charge in [0.2, 0.25) is 15.9 Å². The van der Waals surface area contributed by atoms with Gasteiger partial charge in [-0.3, -0.25) is 15.0 Å². The van der Waals surface area contributed by atoms with Gasteiger partial charge in [0.25, 0.3) is 0 Å². The van der Waals surface area contributed by atoms with Gasteiger partial charge in [0.15, 0.2) is 12.2 Å². The maximum atomic E-state index is 13.6. The number of carbonyl (C=O) groups is 1. The van der Waals surface area contributed by atoms with Crippen LogP contribution in [0.25, 0.3) is 0 Å². The van der Waals surface area contributed by atoms with Gasteiger partial charge in [0, 0.05) is 31.5 Å². The maximum Gasteiger partial charge on any atom is 0.241 e. The van der Waals surface area contributed by atoms with E-state index in [4.69, 9.17) is 11.1 Å². The largest absolute Gasteiger partial charge is 0.370 e. The van der Waals surface area contributed by atoms with E-state index >= 15 is 0 Å². The molecule has 3 rings (SSSR count). The zero-order chi connectivity index (χ0) is 28.5. The summed E-state index contributed by atoms with van der Waals surface area (Å²) in [5, 5.41) is 10.0. The van der Waals surface area contributed by atoms with Crippen molar-refractivity contribution in [3.8, 4) is 0 Å². The van der Waals surface area contributed by atoms with Crippen molar-refractivity contribution in [3.05, 3.63) is 65.7 Å². The van der Waals surface area contributed by atoms with Crippen LogP contribution in [0.15, 0.2) is 59.5 Å². The van der Waals surface area contributed by atoms with Crippen LogP contribution in [0.1, 0.15) is 63.5 Å². The quantitative estimate of drug-likeness (QED) is 0.170. The third-order valence-corrected chi connectivity index (χ3v) is 8.99. The van der Waals surface area contributed by atoms with Crippen molar-refractivity contribution in [2.24, 2.45) is 11.7 Å². The molecule has 1 aliphatic heterocycles. The fourth-order valence-corrected chi connectivity index (χ4v) is 6.29. The average molecular weight is 555 g/mol. The van der Waals surface area contributed by atoms with Gasteiger partial charge in [-0.2, -0.15) is 4.72 Å². The van der Waals surface area contributed by atoms with E-state index in [0.29, 0.717) is 38.4 Å². The predicted octanol–water partition coefficient (Wildman–Crippen LogP) is 3.05. The first-order valence-corrected chi connectivity index (χ1v) is 14.9. The number of nitrogens with zero attached hydrogens (tertiary/aromatic N) is 1. The molecule has 0 saturated carbocycles.